The summed E-state index contributed by atoms with van der Waals surface area (Å²) in [5.41, 5.74) is 15.2. The van der Waals surface area contributed by atoms with E-state index in [1.165, 1.54) is 7.05 Å². The quantitative estimate of drug-likeness (QED) is 0.145. The molecule has 1 fully saturated rings. The minimum Gasteiger partial charge on any atom is -0.398 e. The lowest BCUT2D eigenvalue weighted by molar-refractivity contribution is 0.0870. The Morgan fingerprint density at radius 3 is 2.39 bits per heavy atom. The number of hydrogen-bond donors (Lipinski definition) is 4. The molecule has 2 rings (SSSR count). The van der Waals surface area contributed by atoms with Gasteiger partial charge in [0.05, 0.1) is 17.8 Å². The summed E-state index contributed by atoms with van der Waals surface area (Å²) in [6.45, 7) is 13.4. The molecule has 1 unspecified atom stereocenters. The third-order valence-electron chi connectivity index (χ3n) is 5.41. The fraction of sp³-hybridized carbons (Fsp3) is 0.483. The van der Waals surface area contributed by atoms with Crippen molar-refractivity contribution in [2.75, 3.05) is 26.0 Å². The zero-order chi connectivity index (χ0) is 27.3. The zero-order valence-corrected chi connectivity index (χ0v) is 23.3. The third-order valence-corrected chi connectivity index (χ3v) is 5.41. The van der Waals surface area contributed by atoms with Crippen molar-refractivity contribution in [2.45, 2.75) is 66.8 Å². The van der Waals surface area contributed by atoms with Gasteiger partial charge in [-0.25, -0.2) is 0 Å². The molecule has 1 aromatic carbocycles. The molecule has 0 aromatic heterocycles. The Labute approximate surface area is 219 Å². The first-order valence-corrected chi connectivity index (χ1v) is 12.9. The number of ether oxygens (including phenoxy) is 1. The minimum atomic E-state index is -0.191. The monoisotopic (exact) mass is 496 g/mol. The van der Waals surface area contributed by atoms with Gasteiger partial charge in [-0.2, -0.15) is 0 Å². The Morgan fingerprint density at radius 1 is 1.19 bits per heavy atom. The van der Waals surface area contributed by atoms with E-state index in [4.69, 9.17) is 20.9 Å². The molecule has 6 N–H and O–H groups in total. The highest BCUT2D eigenvalue weighted by molar-refractivity contribution is 5.97. The lowest BCUT2D eigenvalue weighted by Crippen LogP contribution is -2.23. The van der Waals surface area contributed by atoms with Crippen LogP contribution < -0.4 is 16.8 Å². The van der Waals surface area contributed by atoms with Crippen LogP contribution in [0, 0.1) is 11.3 Å². The average molecular weight is 497 g/mol. The number of aliphatic imine (C=N–C) groups is 2. The molecule has 0 radical (unpaired) electrons. The van der Waals surface area contributed by atoms with Gasteiger partial charge in [0, 0.05) is 42.6 Å². The standard InChI is InChI=1S/C26H37N5O.C2H6.CH5N/c1-5-21(24(6-2)25-9-7-8-10-26(25)28)17-29-18-22(19(3)27)11-14-30-20(4)31-23-12-15-32-16-13-23;2*1-2/h6-11,14,17-18,22-23,27H,5,12-13,15-16,28H2,1-4H3,(H,30,31);1-2H3;2H2,1H3/b14-11?,21-17+,24-6-,27-19?,29-18?;;. The van der Waals surface area contributed by atoms with Gasteiger partial charge in [0.25, 0.3) is 0 Å². The van der Waals surface area contributed by atoms with Crippen LogP contribution in [0.1, 0.15) is 66.4 Å². The Kier molecular flexibility index (Phi) is 18.5. The fourth-order valence-electron chi connectivity index (χ4n) is 3.54. The Hall–Kier alpha value is -3.03. The van der Waals surface area contributed by atoms with Gasteiger partial charge in [-0.3, -0.25) is 9.98 Å². The van der Waals surface area contributed by atoms with Crippen molar-refractivity contribution in [3.05, 3.63) is 60.0 Å². The molecule has 0 spiro atoms. The summed E-state index contributed by atoms with van der Waals surface area (Å²) < 4.78 is 5.38. The van der Waals surface area contributed by atoms with Gasteiger partial charge < -0.3 is 26.9 Å². The van der Waals surface area contributed by atoms with Crippen LogP contribution in [-0.2, 0) is 4.74 Å². The molecule has 0 aliphatic carbocycles. The number of hydrogen-bond acceptors (Lipinski definition) is 6. The number of nitrogens with two attached hydrogens (primary N) is 2. The number of benzene rings is 1. The van der Waals surface area contributed by atoms with E-state index in [0.29, 0.717) is 11.8 Å². The molecular formula is C29H48N6O. The highest BCUT2D eigenvalue weighted by Gasteiger charge is 2.12. The van der Waals surface area contributed by atoms with Gasteiger partial charge in [-0.05, 0) is 70.5 Å². The molecule has 7 nitrogen and oxygen atoms in total. The number of rotatable bonds is 9. The number of para-hydroxylation sites is 1. The van der Waals surface area contributed by atoms with Crippen LogP contribution in [0.15, 0.2) is 64.4 Å². The van der Waals surface area contributed by atoms with Crippen molar-refractivity contribution in [3.8, 4) is 0 Å². The highest BCUT2D eigenvalue weighted by Crippen LogP contribution is 2.29. The second-order valence-corrected chi connectivity index (χ2v) is 7.87. The van der Waals surface area contributed by atoms with Crippen LogP contribution in [0.3, 0.4) is 0 Å². The van der Waals surface area contributed by atoms with Crippen LogP contribution in [-0.4, -0.2) is 44.1 Å². The Morgan fingerprint density at radius 2 is 1.83 bits per heavy atom. The number of nitrogen functional groups attached to an aromatic ring is 1. The average Bonchev–Trinajstić information content (AvgIpc) is 2.90. The van der Waals surface area contributed by atoms with E-state index in [1.807, 2.05) is 70.4 Å². The van der Waals surface area contributed by atoms with Crippen LogP contribution in [0.4, 0.5) is 5.69 Å². The van der Waals surface area contributed by atoms with Gasteiger partial charge in [0.15, 0.2) is 0 Å². The topological polar surface area (TPSA) is 122 Å². The number of allylic oxidation sites excluding steroid dienone is 4. The van der Waals surface area contributed by atoms with E-state index in [1.54, 1.807) is 13.1 Å². The molecule has 1 atom stereocenters. The number of anilines is 1. The molecule has 0 amide bonds. The van der Waals surface area contributed by atoms with Crippen LogP contribution in [0.2, 0.25) is 0 Å². The molecular weight excluding hydrogens is 448 g/mol. The summed E-state index contributed by atoms with van der Waals surface area (Å²) in [6, 6.07) is 8.19. The van der Waals surface area contributed by atoms with Gasteiger partial charge in [-0.1, -0.05) is 51.1 Å². The summed E-state index contributed by atoms with van der Waals surface area (Å²) >= 11 is 0. The first kappa shape index (κ1) is 33.0. The van der Waals surface area contributed by atoms with Crippen molar-refractivity contribution >= 4 is 29.0 Å². The maximum Gasteiger partial charge on any atom is 0.0974 e. The molecule has 200 valence electrons. The summed E-state index contributed by atoms with van der Waals surface area (Å²) in [6.07, 6.45) is 12.3. The van der Waals surface area contributed by atoms with E-state index in [9.17, 15) is 0 Å². The maximum atomic E-state index is 8.09. The van der Waals surface area contributed by atoms with E-state index < -0.39 is 0 Å². The molecule has 1 aliphatic rings. The normalized spacial score (nSPS) is 16.2. The number of nitrogens with zero attached hydrogens (tertiary/aromatic N) is 2. The second-order valence-electron chi connectivity index (χ2n) is 7.87. The third kappa shape index (κ3) is 12.1. The first-order valence-electron chi connectivity index (χ1n) is 12.9. The molecule has 1 heterocycles. The first-order chi connectivity index (χ1) is 17.5. The molecule has 0 bridgehead atoms. The Balaban J connectivity index is 0.00000291. The second kappa shape index (κ2) is 20.2. The largest absolute Gasteiger partial charge is 0.398 e. The molecule has 0 saturated carbocycles. The van der Waals surface area contributed by atoms with E-state index in [2.05, 4.69) is 29.0 Å². The summed E-state index contributed by atoms with van der Waals surface area (Å²) in [7, 11) is 1.50. The summed E-state index contributed by atoms with van der Waals surface area (Å²) in [5.74, 6) is 0.682. The van der Waals surface area contributed by atoms with Crippen molar-refractivity contribution in [1.82, 2.24) is 5.32 Å². The van der Waals surface area contributed by atoms with Crippen LogP contribution in [0.25, 0.3) is 5.57 Å². The molecule has 1 aliphatic heterocycles. The van der Waals surface area contributed by atoms with Crippen molar-refractivity contribution in [2.24, 2.45) is 21.6 Å². The zero-order valence-electron chi connectivity index (χ0n) is 23.3. The van der Waals surface area contributed by atoms with E-state index in [0.717, 1.165) is 60.7 Å². The summed E-state index contributed by atoms with van der Waals surface area (Å²) in [5, 5.41) is 11.3. The fourth-order valence-corrected chi connectivity index (χ4v) is 3.54. The molecule has 1 aromatic rings. The van der Waals surface area contributed by atoms with Crippen molar-refractivity contribution < 1.29 is 4.74 Å². The van der Waals surface area contributed by atoms with Crippen LogP contribution >= 0.6 is 0 Å². The van der Waals surface area contributed by atoms with Crippen molar-refractivity contribution in [3.63, 3.8) is 0 Å². The van der Waals surface area contributed by atoms with E-state index in [-0.39, 0.29) is 5.92 Å². The lowest BCUT2D eigenvalue weighted by atomic mass is 9.95. The van der Waals surface area contributed by atoms with Gasteiger partial charge in [-0.15, -0.1) is 0 Å². The predicted molar refractivity (Wildman–Crippen MR) is 159 cm³/mol. The van der Waals surface area contributed by atoms with Crippen molar-refractivity contribution in [1.29, 1.82) is 5.41 Å². The molecule has 36 heavy (non-hydrogen) atoms. The SMILES string of the molecule is C/C=C(/C(=C/N=CC(C=CNC(C)=NC1CCOCC1)C(C)=N)CC)c1ccccc1N.CC.CN. The number of amidine groups is 1. The predicted octanol–water partition coefficient (Wildman–Crippen LogP) is 5.99. The van der Waals surface area contributed by atoms with Gasteiger partial charge in [0.1, 0.15) is 0 Å². The summed E-state index contributed by atoms with van der Waals surface area (Å²) in [4.78, 5) is 9.25. The minimum absolute atomic E-state index is 0.191. The molecule has 1 saturated heterocycles. The highest BCUT2D eigenvalue weighted by atomic mass is 16.5. The van der Waals surface area contributed by atoms with Gasteiger partial charge in [0.2, 0.25) is 0 Å². The smallest absolute Gasteiger partial charge is 0.0974 e. The van der Waals surface area contributed by atoms with Crippen LogP contribution in [0.5, 0.6) is 0 Å². The Bertz CT molecular complexity index is 908. The van der Waals surface area contributed by atoms with E-state index >= 15 is 0 Å². The molecule has 7 heteroatoms. The number of nitrogens with one attached hydrogen (secondary N) is 2. The lowest BCUT2D eigenvalue weighted by Gasteiger charge is -2.19. The van der Waals surface area contributed by atoms with Gasteiger partial charge >= 0.3 is 0 Å². The maximum absolute atomic E-state index is 8.09.